The largest absolute Gasteiger partial charge is 0.469 e. The first-order valence-electron chi connectivity index (χ1n) is 12.9. The van der Waals surface area contributed by atoms with Crippen molar-refractivity contribution in [2.24, 2.45) is 5.92 Å². The number of thiophene rings is 1. The lowest BCUT2D eigenvalue weighted by atomic mass is 9.96. The van der Waals surface area contributed by atoms with Crippen LogP contribution in [0.4, 0.5) is 14.5 Å². The van der Waals surface area contributed by atoms with E-state index in [1.807, 2.05) is 17.9 Å². The van der Waals surface area contributed by atoms with E-state index in [1.54, 1.807) is 41.8 Å². The third-order valence-corrected chi connectivity index (χ3v) is 10.0. The summed E-state index contributed by atoms with van der Waals surface area (Å²) in [5.41, 5.74) is 2.84. The van der Waals surface area contributed by atoms with Crippen molar-refractivity contribution in [2.45, 2.75) is 11.8 Å². The number of hydrogen-bond acceptors (Lipinski definition) is 7. The van der Waals surface area contributed by atoms with Crippen LogP contribution in [0.3, 0.4) is 0 Å². The van der Waals surface area contributed by atoms with Crippen LogP contribution in [0.2, 0.25) is 0 Å². The van der Waals surface area contributed by atoms with E-state index in [0.717, 1.165) is 27.4 Å². The Hall–Kier alpha value is -4.53. The number of fused-ring (bicyclic) bond motifs is 1. The number of methoxy groups -OCH3 is 1. The number of aromatic nitrogens is 1. The van der Waals surface area contributed by atoms with Crippen molar-refractivity contribution in [3.63, 3.8) is 0 Å². The number of hydrogen-bond donors (Lipinski definition) is 0. The zero-order chi connectivity index (χ0) is 29.8. The van der Waals surface area contributed by atoms with Crippen LogP contribution in [0.1, 0.15) is 10.4 Å². The first kappa shape index (κ1) is 27.6. The number of benzene rings is 3. The van der Waals surface area contributed by atoms with E-state index in [-0.39, 0.29) is 33.4 Å². The van der Waals surface area contributed by atoms with Crippen LogP contribution in [0.25, 0.3) is 33.3 Å². The molecule has 0 spiro atoms. The Balaban J connectivity index is 1.67. The normalized spacial score (nSPS) is 13.6. The first-order valence-corrected chi connectivity index (χ1v) is 15.2. The molecule has 0 aliphatic carbocycles. The number of nitriles is 1. The second kappa shape index (κ2) is 10.4. The molecule has 1 aliphatic heterocycles. The van der Waals surface area contributed by atoms with Gasteiger partial charge in [-0.2, -0.15) is 5.26 Å². The Bertz CT molecular complexity index is 2020. The smallest absolute Gasteiger partial charge is 0.312 e. The monoisotopic (exact) mass is 603 g/mol. The van der Waals surface area contributed by atoms with Gasteiger partial charge in [0.25, 0.3) is 10.0 Å². The second-order valence-electron chi connectivity index (χ2n) is 10.0. The molecule has 3 heterocycles. The highest BCUT2D eigenvalue weighted by Crippen LogP contribution is 2.46. The Morgan fingerprint density at radius 1 is 1.05 bits per heavy atom. The number of anilines is 1. The molecule has 212 valence electrons. The highest BCUT2D eigenvalue weighted by atomic mass is 32.2. The van der Waals surface area contributed by atoms with E-state index in [0.29, 0.717) is 34.7 Å². The summed E-state index contributed by atoms with van der Waals surface area (Å²) in [6, 6.07) is 19.0. The van der Waals surface area contributed by atoms with Crippen LogP contribution in [0.5, 0.6) is 0 Å². The van der Waals surface area contributed by atoms with Crippen LogP contribution in [0.15, 0.2) is 77.0 Å². The molecule has 1 aliphatic rings. The molecule has 0 atom stereocenters. The molecule has 0 amide bonds. The summed E-state index contributed by atoms with van der Waals surface area (Å²) in [4.78, 5) is 14.2. The molecule has 0 unspecified atom stereocenters. The van der Waals surface area contributed by atoms with Crippen LogP contribution in [-0.2, 0) is 19.6 Å². The fraction of sp³-hybridized carbons (Fsp3) is 0.161. The summed E-state index contributed by atoms with van der Waals surface area (Å²) in [7, 11) is -3.02. The molecule has 3 aromatic carbocycles. The van der Waals surface area contributed by atoms with Gasteiger partial charge in [0.1, 0.15) is 10.9 Å². The average Bonchev–Trinajstić information content (AvgIpc) is 3.55. The summed E-state index contributed by atoms with van der Waals surface area (Å²) in [5.74, 6) is -2.93. The third kappa shape index (κ3) is 4.44. The minimum atomic E-state index is -4.36. The highest BCUT2D eigenvalue weighted by molar-refractivity contribution is 7.90. The molecular weight excluding hydrogens is 580 g/mol. The predicted octanol–water partition coefficient (Wildman–Crippen LogP) is 6.34. The Morgan fingerprint density at radius 3 is 2.45 bits per heavy atom. The molecule has 1 saturated heterocycles. The second-order valence-corrected chi connectivity index (χ2v) is 12.7. The molecule has 7 nitrogen and oxygen atoms in total. The SMILES string of the molecule is COC(=O)C1CN(c2cccc(-c3c(-c4ccsc4C#N)c4cc(F)c(F)cc4n3S(=O)(=O)c3ccc(C)cc3)c2)C1. The standard InChI is InChI=1S/C31H23F2N3O4S2/c1-18-6-8-22(9-7-18)42(38,39)36-27-14-26(33)25(32)13-24(27)29(23-10-11-41-28(23)15-34)30(36)19-4-3-5-21(12-19)35-16-20(17-35)31(37)40-2/h3-14,20H,16-17H2,1-2H3. The minimum absolute atomic E-state index is 0.0341. The maximum atomic E-state index is 14.8. The average molecular weight is 604 g/mol. The van der Waals surface area contributed by atoms with Crippen LogP contribution in [-0.4, -0.2) is 38.6 Å². The van der Waals surface area contributed by atoms with Gasteiger partial charge in [-0.05, 0) is 48.7 Å². The lowest BCUT2D eigenvalue weighted by Crippen LogP contribution is -2.50. The zero-order valence-corrected chi connectivity index (χ0v) is 24.1. The maximum absolute atomic E-state index is 14.8. The molecule has 0 bridgehead atoms. The van der Waals surface area contributed by atoms with Crippen LogP contribution >= 0.6 is 11.3 Å². The van der Waals surface area contributed by atoms with Gasteiger partial charge < -0.3 is 9.64 Å². The van der Waals surface area contributed by atoms with Crippen molar-refractivity contribution in [2.75, 3.05) is 25.1 Å². The summed E-state index contributed by atoms with van der Waals surface area (Å²) >= 11 is 1.17. The van der Waals surface area contributed by atoms with E-state index >= 15 is 0 Å². The summed E-state index contributed by atoms with van der Waals surface area (Å²) < 4.78 is 64.1. The Morgan fingerprint density at radius 2 is 1.76 bits per heavy atom. The minimum Gasteiger partial charge on any atom is -0.469 e. The van der Waals surface area contributed by atoms with E-state index in [2.05, 4.69) is 6.07 Å². The topological polar surface area (TPSA) is 92.4 Å². The van der Waals surface area contributed by atoms with Gasteiger partial charge in [0.2, 0.25) is 0 Å². The number of carbonyl (C=O) groups excluding carboxylic acids is 1. The first-order chi connectivity index (χ1) is 20.1. The maximum Gasteiger partial charge on any atom is 0.312 e. The van der Waals surface area contributed by atoms with Gasteiger partial charge in [-0.3, -0.25) is 4.79 Å². The van der Waals surface area contributed by atoms with E-state index < -0.39 is 21.7 Å². The fourth-order valence-corrected chi connectivity index (χ4v) is 7.53. The van der Waals surface area contributed by atoms with Crippen molar-refractivity contribution < 1.29 is 26.7 Å². The van der Waals surface area contributed by atoms with Crippen molar-refractivity contribution in [3.8, 4) is 28.5 Å². The van der Waals surface area contributed by atoms with Gasteiger partial charge in [0, 0.05) is 46.9 Å². The van der Waals surface area contributed by atoms with Gasteiger partial charge in [-0.15, -0.1) is 11.3 Å². The summed E-state index contributed by atoms with van der Waals surface area (Å²) in [6.07, 6.45) is 0. The fourth-order valence-electron chi connectivity index (χ4n) is 5.30. The van der Waals surface area contributed by atoms with E-state index in [4.69, 9.17) is 4.74 Å². The van der Waals surface area contributed by atoms with Crippen molar-refractivity contribution in [1.29, 1.82) is 5.26 Å². The molecule has 11 heteroatoms. The Labute approximate surface area is 244 Å². The van der Waals surface area contributed by atoms with Crippen molar-refractivity contribution in [1.82, 2.24) is 3.97 Å². The van der Waals surface area contributed by atoms with Crippen LogP contribution < -0.4 is 4.90 Å². The number of esters is 1. The molecule has 1 fully saturated rings. The lowest BCUT2D eigenvalue weighted by molar-refractivity contribution is -0.146. The molecule has 42 heavy (non-hydrogen) atoms. The third-order valence-electron chi connectivity index (χ3n) is 7.46. The number of carbonyl (C=O) groups is 1. The van der Waals surface area contributed by atoms with Gasteiger partial charge in [-0.1, -0.05) is 29.8 Å². The highest BCUT2D eigenvalue weighted by Gasteiger charge is 2.35. The molecule has 0 saturated carbocycles. The number of halogens is 2. The quantitative estimate of drug-likeness (QED) is 0.210. The van der Waals surface area contributed by atoms with Crippen LogP contribution in [0, 0.1) is 35.8 Å². The van der Waals surface area contributed by atoms with Crippen molar-refractivity contribution >= 4 is 43.9 Å². The lowest BCUT2D eigenvalue weighted by Gasteiger charge is -2.39. The van der Waals surface area contributed by atoms with Gasteiger partial charge in [0.15, 0.2) is 11.6 Å². The molecule has 6 rings (SSSR count). The van der Waals surface area contributed by atoms with Gasteiger partial charge in [-0.25, -0.2) is 21.2 Å². The number of ether oxygens (including phenoxy) is 1. The number of aryl methyl sites for hydroxylation is 1. The van der Waals surface area contributed by atoms with Crippen molar-refractivity contribution in [3.05, 3.63) is 94.2 Å². The molecule has 2 aromatic heterocycles. The summed E-state index contributed by atoms with van der Waals surface area (Å²) in [5, 5.41) is 11.7. The molecule has 0 radical (unpaired) electrons. The molecular formula is C31H23F2N3O4S2. The van der Waals surface area contributed by atoms with E-state index in [1.165, 1.54) is 30.6 Å². The van der Waals surface area contributed by atoms with E-state index in [9.17, 15) is 27.3 Å². The Kier molecular flexibility index (Phi) is 6.83. The number of nitrogens with zero attached hydrogens (tertiary/aromatic N) is 3. The number of rotatable bonds is 6. The van der Waals surface area contributed by atoms with Gasteiger partial charge >= 0.3 is 5.97 Å². The molecule has 5 aromatic rings. The van der Waals surface area contributed by atoms with Gasteiger partial charge in [0.05, 0.1) is 29.1 Å². The zero-order valence-electron chi connectivity index (χ0n) is 22.5. The predicted molar refractivity (Wildman–Crippen MR) is 157 cm³/mol. The summed E-state index contributed by atoms with van der Waals surface area (Å²) in [6.45, 7) is 2.68. The molecule has 0 N–H and O–H groups in total.